The summed E-state index contributed by atoms with van der Waals surface area (Å²) in [4.78, 5) is 22.6. The van der Waals surface area contributed by atoms with Gasteiger partial charge in [0.2, 0.25) is 0 Å². The van der Waals surface area contributed by atoms with Gasteiger partial charge in [0.1, 0.15) is 5.82 Å². The molecule has 3 heterocycles. The zero-order chi connectivity index (χ0) is 13.8. The Bertz CT molecular complexity index is 577. The normalized spacial score (nSPS) is 14.3. The standard InChI is InChI=1S/C15H16N4O/c20-15(18-13-4-3-7-16-11-13)12-5-6-14(17-10-12)19-8-1-2-9-19/h3-7,10-11H,1-2,8-9H2,(H,18,20). The second-order valence-electron chi connectivity index (χ2n) is 4.80. The summed E-state index contributed by atoms with van der Waals surface area (Å²) in [6, 6.07) is 7.30. The Hall–Kier alpha value is -2.43. The number of hydrogen-bond acceptors (Lipinski definition) is 4. The number of amides is 1. The molecule has 5 nitrogen and oxygen atoms in total. The van der Waals surface area contributed by atoms with Crippen molar-refractivity contribution in [3.63, 3.8) is 0 Å². The van der Waals surface area contributed by atoms with Crippen LogP contribution < -0.4 is 10.2 Å². The van der Waals surface area contributed by atoms with Crippen LogP contribution in [0.2, 0.25) is 0 Å². The van der Waals surface area contributed by atoms with Gasteiger partial charge in [-0.1, -0.05) is 0 Å². The molecular weight excluding hydrogens is 252 g/mol. The zero-order valence-electron chi connectivity index (χ0n) is 11.1. The summed E-state index contributed by atoms with van der Waals surface area (Å²) in [6.45, 7) is 2.10. The molecule has 0 aromatic carbocycles. The Morgan fingerprint density at radius 1 is 1.15 bits per heavy atom. The van der Waals surface area contributed by atoms with E-state index in [9.17, 15) is 4.79 Å². The first-order valence-electron chi connectivity index (χ1n) is 6.75. The third kappa shape index (κ3) is 2.77. The van der Waals surface area contributed by atoms with Crippen LogP contribution in [0.5, 0.6) is 0 Å². The molecule has 3 rings (SSSR count). The van der Waals surface area contributed by atoms with Crippen LogP contribution in [-0.4, -0.2) is 29.0 Å². The van der Waals surface area contributed by atoms with E-state index in [1.165, 1.54) is 12.8 Å². The quantitative estimate of drug-likeness (QED) is 0.928. The first-order valence-corrected chi connectivity index (χ1v) is 6.75. The molecule has 2 aromatic heterocycles. The van der Waals surface area contributed by atoms with E-state index < -0.39 is 0 Å². The van der Waals surface area contributed by atoms with Crippen LogP contribution in [0.4, 0.5) is 11.5 Å². The summed E-state index contributed by atoms with van der Waals surface area (Å²) in [5.74, 6) is 0.777. The number of nitrogens with zero attached hydrogens (tertiary/aromatic N) is 3. The highest BCUT2D eigenvalue weighted by atomic mass is 16.1. The fraction of sp³-hybridized carbons (Fsp3) is 0.267. The van der Waals surface area contributed by atoms with Gasteiger partial charge < -0.3 is 10.2 Å². The Morgan fingerprint density at radius 3 is 2.65 bits per heavy atom. The van der Waals surface area contributed by atoms with Crippen molar-refractivity contribution >= 4 is 17.4 Å². The molecule has 2 aromatic rings. The lowest BCUT2D eigenvalue weighted by atomic mass is 10.2. The smallest absolute Gasteiger partial charge is 0.257 e. The van der Waals surface area contributed by atoms with Crippen LogP contribution in [-0.2, 0) is 0 Å². The molecular formula is C15H16N4O. The van der Waals surface area contributed by atoms with Crippen molar-refractivity contribution in [2.75, 3.05) is 23.3 Å². The van der Waals surface area contributed by atoms with Gasteiger partial charge in [-0.25, -0.2) is 4.98 Å². The molecule has 0 bridgehead atoms. The maximum absolute atomic E-state index is 12.1. The van der Waals surface area contributed by atoms with Crippen molar-refractivity contribution in [3.05, 3.63) is 48.4 Å². The molecule has 1 N–H and O–H groups in total. The predicted molar refractivity (Wildman–Crippen MR) is 77.9 cm³/mol. The van der Waals surface area contributed by atoms with E-state index in [1.54, 1.807) is 30.7 Å². The first kappa shape index (κ1) is 12.6. The van der Waals surface area contributed by atoms with Crippen LogP contribution in [0.15, 0.2) is 42.9 Å². The lowest BCUT2D eigenvalue weighted by Crippen LogP contribution is -2.19. The maximum atomic E-state index is 12.1. The number of rotatable bonds is 3. The van der Waals surface area contributed by atoms with Gasteiger partial charge in [0.15, 0.2) is 0 Å². The molecule has 1 aliphatic rings. The summed E-state index contributed by atoms with van der Waals surface area (Å²) >= 11 is 0. The number of anilines is 2. The van der Waals surface area contributed by atoms with Crippen molar-refractivity contribution in [2.24, 2.45) is 0 Å². The van der Waals surface area contributed by atoms with Crippen molar-refractivity contribution in [1.82, 2.24) is 9.97 Å². The van der Waals surface area contributed by atoms with E-state index in [0.29, 0.717) is 11.3 Å². The third-order valence-corrected chi connectivity index (χ3v) is 3.36. The van der Waals surface area contributed by atoms with Crippen molar-refractivity contribution in [3.8, 4) is 0 Å². The number of pyridine rings is 2. The van der Waals surface area contributed by atoms with Crippen LogP contribution in [0.25, 0.3) is 0 Å². The van der Waals surface area contributed by atoms with E-state index >= 15 is 0 Å². The van der Waals surface area contributed by atoms with Crippen LogP contribution >= 0.6 is 0 Å². The first-order chi connectivity index (χ1) is 9.83. The number of carbonyl (C=O) groups excluding carboxylic acids is 1. The Labute approximate surface area is 117 Å². The van der Waals surface area contributed by atoms with E-state index in [4.69, 9.17) is 0 Å². The van der Waals surface area contributed by atoms with Crippen molar-refractivity contribution < 1.29 is 4.79 Å². The van der Waals surface area contributed by atoms with Gasteiger partial charge >= 0.3 is 0 Å². The molecule has 1 amide bonds. The molecule has 5 heteroatoms. The predicted octanol–water partition coefficient (Wildman–Crippen LogP) is 2.33. The molecule has 1 saturated heterocycles. The van der Waals surface area contributed by atoms with Crippen molar-refractivity contribution in [2.45, 2.75) is 12.8 Å². The highest BCUT2D eigenvalue weighted by Crippen LogP contribution is 2.18. The van der Waals surface area contributed by atoms with Crippen LogP contribution in [0.3, 0.4) is 0 Å². The van der Waals surface area contributed by atoms with E-state index in [2.05, 4.69) is 20.2 Å². The molecule has 20 heavy (non-hydrogen) atoms. The molecule has 0 saturated carbocycles. The van der Waals surface area contributed by atoms with Gasteiger partial charge in [-0.2, -0.15) is 0 Å². The monoisotopic (exact) mass is 268 g/mol. The molecule has 0 unspecified atom stereocenters. The van der Waals surface area contributed by atoms with Gasteiger partial charge in [0.25, 0.3) is 5.91 Å². The zero-order valence-corrected chi connectivity index (χ0v) is 11.1. The molecule has 0 spiro atoms. The van der Waals surface area contributed by atoms with Gasteiger partial charge in [0, 0.05) is 25.5 Å². The molecule has 0 radical (unpaired) electrons. The van der Waals surface area contributed by atoms with Crippen molar-refractivity contribution in [1.29, 1.82) is 0 Å². The van der Waals surface area contributed by atoms with Gasteiger partial charge in [0.05, 0.1) is 17.4 Å². The average molecular weight is 268 g/mol. The lowest BCUT2D eigenvalue weighted by molar-refractivity contribution is 0.102. The summed E-state index contributed by atoms with van der Waals surface area (Å²) < 4.78 is 0. The molecule has 102 valence electrons. The van der Waals surface area contributed by atoms with Gasteiger partial charge in [-0.3, -0.25) is 9.78 Å². The van der Waals surface area contributed by atoms with Crippen LogP contribution in [0, 0.1) is 0 Å². The summed E-state index contributed by atoms with van der Waals surface area (Å²) in [6.07, 6.45) is 7.33. The summed E-state index contributed by atoms with van der Waals surface area (Å²) in [5.41, 5.74) is 1.23. The Balaban J connectivity index is 1.69. The number of carbonyl (C=O) groups is 1. The van der Waals surface area contributed by atoms with Gasteiger partial charge in [-0.05, 0) is 37.1 Å². The van der Waals surface area contributed by atoms with E-state index in [1.807, 2.05) is 12.1 Å². The number of hydrogen-bond donors (Lipinski definition) is 1. The largest absolute Gasteiger partial charge is 0.357 e. The molecule has 1 aliphatic heterocycles. The minimum atomic E-state index is -0.168. The van der Waals surface area contributed by atoms with E-state index in [-0.39, 0.29) is 5.91 Å². The Kier molecular flexibility index (Phi) is 3.58. The molecule has 0 aliphatic carbocycles. The Morgan fingerprint density at radius 2 is 2.00 bits per heavy atom. The SMILES string of the molecule is O=C(Nc1cccnc1)c1ccc(N2CCCC2)nc1. The maximum Gasteiger partial charge on any atom is 0.257 e. The third-order valence-electron chi connectivity index (χ3n) is 3.36. The molecule has 1 fully saturated rings. The number of nitrogens with one attached hydrogen (secondary N) is 1. The summed E-state index contributed by atoms with van der Waals surface area (Å²) in [5, 5.41) is 2.79. The van der Waals surface area contributed by atoms with E-state index in [0.717, 1.165) is 18.9 Å². The number of aromatic nitrogens is 2. The average Bonchev–Trinajstić information content (AvgIpc) is 3.03. The minimum Gasteiger partial charge on any atom is -0.357 e. The second kappa shape index (κ2) is 5.69. The highest BCUT2D eigenvalue weighted by molar-refractivity contribution is 6.04. The fourth-order valence-electron chi connectivity index (χ4n) is 2.29. The molecule has 0 atom stereocenters. The topological polar surface area (TPSA) is 58.1 Å². The summed E-state index contributed by atoms with van der Waals surface area (Å²) in [7, 11) is 0. The van der Waals surface area contributed by atoms with Gasteiger partial charge in [-0.15, -0.1) is 0 Å². The fourth-order valence-corrected chi connectivity index (χ4v) is 2.29. The lowest BCUT2D eigenvalue weighted by Gasteiger charge is -2.16. The van der Waals surface area contributed by atoms with Crippen LogP contribution in [0.1, 0.15) is 23.2 Å². The minimum absolute atomic E-state index is 0.168. The highest BCUT2D eigenvalue weighted by Gasteiger charge is 2.14. The second-order valence-corrected chi connectivity index (χ2v) is 4.80.